The summed E-state index contributed by atoms with van der Waals surface area (Å²) in [6, 6.07) is 56.0. The van der Waals surface area contributed by atoms with Crippen molar-refractivity contribution in [1.29, 1.82) is 0 Å². The fourth-order valence-electron chi connectivity index (χ4n) is 9.55. The third-order valence-corrected chi connectivity index (χ3v) is 12.1. The molecule has 0 N–H and O–H groups in total. The average Bonchev–Trinajstić information content (AvgIpc) is 3.74. The smallest absolute Gasteiger partial charge is 0.148 e. The maximum Gasteiger partial charge on any atom is 0.148 e. The van der Waals surface area contributed by atoms with Crippen LogP contribution in [-0.2, 0) is 10.8 Å². The van der Waals surface area contributed by atoms with Crippen molar-refractivity contribution in [2.75, 3.05) is 0 Å². The van der Waals surface area contributed by atoms with Crippen molar-refractivity contribution in [2.45, 2.75) is 45.4 Å². The van der Waals surface area contributed by atoms with Crippen molar-refractivity contribution in [1.82, 2.24) is 18.9 Å². The Kier molecular flexibility index (Phi) is 6.54. The van der Waals surface area contributed by atoms with Gasteiger partial charge in [-0.05, 0) is 89.2 Å². The molecular formula is C51H40N4. The van der Waals surface area contributed by atoms with Crippen LogP contribution in [0.5, 0.6) is 0 Å². The molecule has 11 rings (SSSR count). The Labute approximate surface area is 320 Å². The number of hydrogen-bond donors (Lipinski definition) is 0. The first-order valence-corrected chi connectivity index (χ1v) is 19.3. The van der Waals surface area contributed by atoms with E-state index in [1.165, 1.54) is 60.9 Å². The van der Waals surface area contributed by atoms with Crippen LogP contribution in [0.3, 0.4) is 0 Å². The van der Waals surface area contributed by atoms with Gasteiger partial charge in [-0.15, -0.1) is 0 Å². The normalized spacial score (nSPS) is 13.7. The van der Waals surface area contributed by atoms with E-state index in [-0.39, 0.29) is 5.41 Å². The van der Waals surface area contributed by atoms with Gasteiger partial charge in [0, 0.05) is 27.1 Å². The molecule has 1 aliphatic heterocycles. The molecule has 4 heteroatoms. The van der Waals surface area contributed by atoms with Crippen LogP contribution in [0.4, 0.5) is 0 Å². The first-order chi connectivity index (χ1) is 26.7. The number of hydrogen-bond acceptors (Lipinski definition) is 2. The van der Waals surface area contributed by atoms with Crippen LogP contribution < -0.4 is 0 Å². The molecule has 0 bridgehead atoms. The standard InChI is InChI=1S/C51H40N4/c1-31-28-42-45(29-32(31)2)55-48(52-42)38-22-14-20-36(46(38)53-49(55)50(3,4)5)33-26-27-43-39(30-33)37-21-15-24-41-47(37)54(43)44-25-13-12-23-40(44)51(41,34-16-8-6-9-17-34)35-18-10-7-11-19-35/h6-30H,1-5H3. The molecular weight excluding hydrogens is 669 g/mol. The van der Waals surface area contributed by atoms with E-state index in [1.54, 1.807) is 0 Å². The van der Waals surface area contributed by atoms with Gasteiger partial charge in [0.15, 0.2) is 0 Å². The third-order valence-electron chi connectivity index (χ3n) is 12.1. The number of aryl methyl sites for hydroxylation is 2. The summed E-state index contributed by atoms with van der Waals surface area (Å²) < 4.78 is 4.80. The van der Waals surface area contributed by atoms with Crippen molar-refractivity contribution in [2.24, 2.45) is 0 Å². The summed E-state index contributed by atoms with van der Waals surface area (Å²) in [5.74, 6) is 1.01. The highest BCUT2D eigenvalue weighted by atomic mass is 15.1. The lowest BCUT2D eigenvalue weighted by Gasteiger charge is -2.41. The van der Waals surface area contributed by atoms with Gasteiger partial charge in [-0.3, -0.25) is 4.40 Å². The first kappa shape index (κ1) is 32.0. The highest BCUT2D eigenvalue weighted by Crippen LogP contribution is 2.54. The number of benzene rings is 7. The quantitative estimate of drug-likeness (QED) is 0.183. The fourth-order valence-corrected chi connectivity index (χ4v) is 9.55. The molecule has 0 spiro atoms. The Hall–Kier alpha value is -6.52. The lowest BCUT2D eigenvalue weighted by Crippen LogP contribution is -2.35. The molecule has 0 saturated carbocycles. The monoisotopic (exact) mass is 708 g/mol. The Bertz CT molecular complexity index is 3160. The predicted molar refractivity (Wildman–Crippen MR) is 228 cm³/mol. The van der Waals surface area contributed by atoms with Crippen LogP contribution in [0.15, 0.2) is 152 Å². The Morgan fingerprint density at radius 2 is 1.20 bits per heavy atom. The summed E-state index contributed by atoms with van der Waals surface area (Å²) in [5.41, 5.74) is 16.9. The van der Waals surface area contributed by atoms with Gasteiger partial charge in [-0.25, -0.2) is 9.97 Å². The van der Waals surface area contributed by atoms with Crippen molar-refractivity contribution < 1.29 is 0 Å². The zero-order chi connectivity index (χ0) is 37.2. The van der Waals surface area contributed by atoms with E-state index in [1.807, 2.05) is 0 Å². The van der Waals surface area contributed by atoms with Gasteiger partial charge in [0.25, 0.3) is 0 Å². The predicted octanol–water partition coefficient (Wildman–Crippen LogP) is 12.4. The molecule has 0 aliphatic carbocycles. The molecule has 7 aromatic carbocycles. The van der Waals surface area contributed by atoms with Crippen molar-refractivity contribution in [3.8, 4) is 16.8 Å². The molecule has 1 aliphatic rings. The van der Waals surface area contributed by atoms with Crippen LogP contribution in [0, 0.1) is 13.8 Å². The molecule has 0 atom stereocenters. The van der Waals surface area contributed by atoms with Crippen molar-refractivity contribution in [3.05, 3.63) is 191 Å². The van der Waals surface area contributed by atoms with Crippen molar-refractivity contribution in [3.63, 3.8) is 0 Å². The molecule has 4 nitrogen and oxygen atoms in total. The van der Waals surface area contributed by atoms with E-state index < -0.39 is 5.41 Å². The lowest BCUT2D eigenvalue weighted by atomic mass is 9.63. The summed E-state index contributed by atoms with van der Waals surface area (Å²) in [7, 11) is 0. The summed E-state index contributed by atoms with van der Waals surface area (Å²) in [5, 5.41) is 3.54. The van der Waals surface area contributed by atoms with E-state index in [2.05, 4.69) is 195 Å². The third kappa shape index (κ3) is 4.28. The van der Waals surface area contributed by atoms with Gasteiger partial charge in [0.1, 0.15) is 11.5 Å². The number of nitrogens with zero attached hydrogens (tertiary/aromatic N) is 4. The van der Waals surface area contributed by atoms with Crippen molar-refractivity contribution >= 4 is 49.4 Å². The van der Waals surface area contributed by atoms with E-state index in [9.17, 15) is 0 Å². The van der Waals surface area contributed by atoms with Gasteiger partial charge in [-0.2, -0.15) is 0 Å². The summed E-state index contributed by atoms with van der Waals surface area (Å²) >= 11 is 0. The fraction of sp³-hybridized carbons (Fsp3) is 0.137. The molecule has 264 valence electrons. The number of para-hydroxylation sites is 3. The number of rotatable bonds is 3. The van der Waals surface area contributed by atoms with Crippen LogP contribution in [-0.4, -0.2) is 18.9 Å². The molecule has 10 aromatic rings. The van der Waals surface area contributed by atoms with Gasteiger partial charge < -0.3 is 4.57 Å². The second-order valence-electron chi connectivity index (χ2n) is 16.4. The highest BCUT2D eigenvalue weighted by Gasteiger charge is 2.45. The largest absolute Gasteiger partial charge is 0.309 e. The average molecular weight is 709 g/mol. The summed E-state index contributed by atoms with van der Waals surface area (Å²) in [6.45, 7) is 11.1. The Balaban J connectivity index is 1.22. The summed E-state index contributed by atoms with van der Waals surface area (Å²) in [6.07, 6.45) is 0. The van der Waals surface area contributed by atoms with Gasteiger partial charge in [0.2, 0.25) is 0 Å². The molecule has 0 unspecified atom stereocenters. The highest BCUT2D eigenvalue weighted by molar-refractivity contribution is 6.14. The minimum Gasteiger partial charge on any atom is -0.309 e. The number of fused-ring (bicyclic) bond motifs is 10. The number of imidazole rings is 1. The van der Waals surface area contributed by atoms with E-state index in [0.717, 1.165) is 44.5 Å². The molecule has 0 radical (unpaired) electrons. The first-order valence-electron chi connectivity index (χ1n) is 19.3. The molecule has 0 saturated heterocycles. The topological polar surface area (TPSA) is 35.1 Å². The second kappa shape index (κ2) is 11.3. The van der Waals surface area contributed by atoms with Gasteiger partial charge >= 0.3 is 0 Å². The molecule has 0 fully saturated rings. The van der Waals surface area contributed by atoms with Crippen LogP contribution in [0.1, 0.15) is 60.0 Å². The molecule has 4 heterocycles. The SMILES string of the molecule is Cc1cc2nc3c4cccc(-c5ccc6c(c5)c5cccc7c5n6-c5ccccc5C7(c5ccccc5)c5ccccc5)c4nc(C(C)(C)C)n3c2cc1C. The van der Waals surface area contributed by atoms with Crippen LogP contribution in [0.25, 0.3) is 66.2 Å². The molecule has 3 aromatic heterocycles. The van der Waals surface area contributed by atoms with E-state index in [4.69, 9.17) is 9.97 Å². The van der Waals surface area contributed by atoms with Crippen LogP contribution >= 0.6 is 0 Å². The second-order valence-corrected chi connectivity index (χ2v) is 16.4. The maximum atomic E-state index is 5.55. The number of aromatic nitrogens is 4. The van der Waals surface area contributed by atoms with Crippen LogP contribution in [0.2, 0.25) is 0 Å². The van der Waals surface area contributed by atoms with E-state index >= 15 is 0 Å². The maximum absolute atomic E-state index is 5.55. The lowest BCUT2D eigenvalue weighted by molar-refractivity contribution is 0.542. The zero-order valence-electron chi connectivity index (χ0n) is 31.7. The molecule has 0 amide bonds. The molecule has 55 heavy (non-hydrogen) atoms. The Morgan fingerprint density at radius 1 is 0.545 bits per heavy atom. The minimum atomic E-state index is -0.495. The van der Waals surface area contributed by atoms with Gasteiger partial charge in [0.05, 0.1) is 38.7 Å². The summed E-state index contributed by atoms with van der Waals surface area (Å²) in [4.78, 5) is 10.8. The minimum absolute atomic E-state index is 0.216. The Morgan fingerprint density at radius 3 is 1.95 bits per heavy atom. The van der Waals surface area contributed by atoms with E-state index in [0.29, 0.717) is 0 Å². The zero-order valence-corrected chi connectivity index (χ0v) is 31.7. The van der Waals surface area contributed by atoms with Gasteiger partial charge in [-0.1, -0.05) is 136 Å².